The van der Waals surface area contributed by atoms with Crippen molar-refractivity contribution in [3.8, 4) is 5.88 Å². The zero-order valence-corrected chi connectivity index (χ0v) is 10.5. The van der Waals surface area contributed by atoms with Crippen molar-refractivity contribution in [1.82, 2.24) is 15.0 Å². The summed E-state index contributed by atoms with van der Waals surface area (Å²) >= 11 is 0. The van der Waals surface area contributed by atoms with Gasteiger partial charge in [-0.15, -0.1) is 0 Å². The first-order chi connectivity index (χ1) is 9.08. The standard InChI is InChI=1S/C12H13N5O2/c1-7-6-10(19-2)16-12(14-7)17-11(18)8-4-3-5-9(13)15-8/h3-6H,1-2H3,(H2,13,15)(H,14,16,17,18). The summed E-state index contributed by atoms with van der Waals surface area (Å²) in [5, 5.41) is 2.54. The molecule has 0 aliphatic heterocycles. The van der Waals surface area contributed by atoms with Gasteiger partial charge in [-0.05, 0) is 19.1 Å². The molecule has 3 N–H and O–H groups in total. The van der Waals surface area contributed by atoms with Crippen molar-refractivity contribution in [2.24, 2.45) is 0 Å². The number of pyridine rings is 1. The van der Waals surface area contributed by atoms with Gasteiger partial charge in [0, 0.05) is 11.8 Å². The van der Waals surface area contributed by atoms with Gasteiger partial charge >= 0.3 is 0 Å². The molecule has 0 saturated carbocycles. The van der Waals surface area contributed by atoms with E-state index in [0.717, 1.165) is 0 Å². The molecule has 7 heteroatoms. The number of anilines is 2. The summed E-state index contributed by atoms with van der Waals surface area (Å²) < 4.78 is 5.00. The molecule has 1 amide bonds. The highest BCUT2D eigenvalue weighted by Crippen LogP contribution is 2.12. The molecule has 0 atom stereocenters. The summed E-state index contributed by atoms with van der Waals surface area (Å²) in [5.74, 6) is 0.379. The smallest absolute Gasteiger partial charge is 0.276 e. The van der Waals surface area contributed by atoms with E-state index in [9.17, 15) is 4.79 Å². The zero-order valence-electron chi connectivity index (χ0n) is 10.5. The van der Waals surface area contributed by atoms with E-state index in [-0.39, 0.29) is 17.5 Å². The summed E-state index contributed by atoms with van der Waals surface area (Å²) in [4.78, 5) is 23.9. The molecule has 0 fully saturated rings. The molecule has 2 aromatic rings. The van der Waals surface area contributed by atoms with Crippen LogP contribution in [0.25, 0.3) is 0 Å². The molecule has 0 radical (unpaired) electrons. The highest BCUT2D eigenvalue weighted by Gasteiger charge is 2.10. The number of amides is 1. The largest absolute Gasteiger partial charge is 0.481 e. The fraction of sp³-hybridized carbons (Fsp3) is 0.167. The quantitative estimate of drug-likeness (QED) is 0.853. The third-order valence-electron chi connectivity index (χ3n) is 2.27. The highest BCUT2D eigenvalue weighted by molar-refractivity contribution is 6.02. The van der Waals surface area contributed by atoms with Gasteiger partial charge in [-0.3, -0.25) is 10.1 Å². The molecule has 2 rings (SSSR count). The van der Waals surface area contributed by atoms with Crippen molar-refractivity contribution >= 4 is 17.7 Å². The number of methoxy groups -OCH3 is 1. The lowest BCUT2D eigenvalue weighted by Crippen LogP contribution is -2.16. The van der Waals surface area contributed by atoms with Gasteiger partial charge in [0.1, 0.15) is 11.5 Å². The number of nitrogens with one attached hydrogen (secondary N) is 1. The second kappa shape index (κ2) is 5.30. The number of rotatable bonds is 3. The Morgan fingerprint density at radius 3 is 2.79 bits per heavy atom. The van der Waals surface area contributed by atoms with Crippen LogP contribution in [-0.2, 0) is 0 Å². The van der Waals surface area contributed by atoms with Crippen LogP contribution in [0.4, 0.5) is 11.8 Å². The van der Waals surface area contributed by atoms with Gasteiger partial charge in [-0.25, -0.2) is 9.97 Å². The van der Waals surface area contributed by atoms with Crippen LogP contribution in [0.2, 0.25) is 0 Å². The van der Waals surface area contributed by atoms with Crippen LogP contribution in [-0.4, -0.2) is 28.0 Å². The van der Waals surface area contributed by atoms with Crippen molar-refractivity contribution in [2.45, 2.75) is 6.92 Å². The summed E-state index contributed by atoms with van der Waals surface area (Å²) in [6, 6.07) is 6.46. The first kappa shape index (κ1) is 12.7. The van der Waals surface area contributed by atoms with E-state index < -0.39 is 5.91 Å². The van der Waals surface area contributed by atoms with Crippen molar-refractivity contribution in [3.05, 3.63) is 35.7 Å². The maximum Gasteiger partial charge on any atom is 0.276 e. The molecule has 0 saturated heterocycles. The number of nitrogens with two attached hydrogens (primary N) is 1. The number of carbonyl (C=O) groups excluding carboxylic acids is 1. The normalized spacial score (nSPS) is 10.0. The third kappa shape index (κ3) is 3.15. The molecular weight excluding hydrogens is 246 g/mol. The first-order valence-electron chi connectivity index (χ1n) is 5.52. The summed E-state index contributed by atoms with van der Waals surface area (Å²) in [5.41, 5.74) is 6.40. The maximum atomic E-state index is 11.9. The molecule has 98 valence electrons. The average Bonchev–Trinajstić information content (AvgIpc) is 2.38. The Labute approximate surface area is 109 Å². The Bertz CT molecular complexity index is 615. The van der Waals surface area contributed by atoms with Gasteiger partial charge in [-0.2, -0.15) is 4.98 Å². The van der Waals surface area contributed by atoms with Crippen LogP contribution in [0.3, 0.4) is 0 Å². The van der Waals surface area contributed by atoms with E-state index in [1.807, 2.05) is 0 Å². The molecule has 19 heavy (non-hydrogen) atoms. The number of ether oxygens (including phenoxy) is 1. The fourth-order valence-electron chi connectivity index (χ4n) is 1.44. The van der Waals surface area contributed by atoms with Crippen molar-refractivity contribution in [1.29, 1.82) is 0 Å². The SMILES string of the molecule is COc1cc(C)nc(NC(=O)c2cccc(N)n2)n1. The molecular formula is C12H13N5O2. The Balaban J connectivity index is 2.21. The molecule has 7 nitrogen and oxygen atoms in total. The van der Waals surface area contributed by atoms with Gasteiger partial charge in [0.15, 0.2) is 0 Å². The lowest BCUT2D eigenvalue weighted by atomic mass is 10.3. The minimum absolute atomic E-state index is 0.158. The van der Waals surface area contributed by atoms with Crippen molar-refractivity contribution in [3.63, 3.8) is 0 Å². The molecule has 0 spiro atoms. The van der Waals surface area contributed by atoms with E-state index in [2.05, 4.69) is 20.3 Å². The van der Waals surface area contributed by atoms with Crippen LogP contribution in [0.5, 0.6) is 5.88 Å². The predicted octanol–water partition coefficient (Wildman–Crippen LogP) is 1.02. The molecule has 0 unspecified atom stereocenters. The number of hydrogen-bond donors (Lipinski definition) is 2. The van der Waals surface area contributed by atoms with E-state index in [0.29, 0.717) is 11.6 Å². The van der Waals surface area contributed by atoms with E-state index in [4.69, 9.17) is 10.5 Å². The highest BCUT2D eigenvalue weighted by atomic mass is 16.5. The van der Waals surface area contributed by atoms with E-state index in [1.54, 1.807) is 31.2 Å². The van der Waals surface area contributed by atoms with Crippen molar-refractivity contribution in [2.75, 3.05) is 18.2 Å². The second-order valence-corrected chi connectivity index (χ2v) is 3.78. The Morgan fingerprint density at radius 2 is 2.11 bits per heavy atom. The van der Waals surface area contributed by atoms with Gasteiger partial charge in [0.2, 0.25) is 11.8 Å². The lowest BCUT2D eigenvalue weighted by molar-refractivity contribution is 0.102. The number of carbonyl (C=O) groups is 1. The topological polar surface area (TPSA) is 103 Å². The number of aryl methyl sites for hydroxylation is 1. The Kier molecular flexibility index (Phi) is 3.56. The Hall–Kier alpha value is -2.70. The molecule has 0 aromatic carbocycles. The van der Waals surface area contributed by atoms with Crippen LogP contribution in [0.1, 0.15) is 16.2 Å². The van der Waals surface area contributed by atoms with Crippen LogP contribution in [0, 0.1) is 6.92 Å². The monoisotopic (exact) mass is 259 g/mol. The minimum Gasteiger partial charge on any atom is -0.481 e. The number of nitrogen functional groups attached to an aromatic ring is 1. The van der Waals surface area contributed by atoms with Gasteiger partial charge in [0.25, 0.3) is 5.91 Å². The van der Waals surface area contributed by atoms with Crippen LogP contribution in [0.15, 0.2) is 24.3 Å². The summed E-state index contributed by atoms with van der Waals surface area (Å²) in [6.45, 7) is 1.78. The predicted molar refractivity (Wildman–Crippen MR) is 69.9 cm³/mol. The van der Waals surface area contributed by atoms with Gasteiger partial charge < -0.3 is 10.5 Å². The maximum absolute atomic E-state index is 11.9. The Morgan fingerprint density at radius 1 is 1.32 bits per heavy atom. The van der Waals surface area contributed by atoms with E-state index in [1.165, 1.54) is 7.11 Å². The van der Waals surface area contributed by atoms with Crippen LogP contribution >= 0.6 is 0 Å². The molecule has 0 aliphatic carbocycles. The third-order valence-corrected chi connectivity index (χ3v) is 2.27. The molecule has 2 aromatic heterocycles. The average molecular weight is 259 g/mol. The van der Waals surface area contributed by atoms with Crippen molar-refractivity contribution < 1.29 is 9.53 Å². The zero-order chi connectivity index (χ0) is 13.8. The summed E-state index contributed by atoms with van der Waals surface area (Å²) in [7, 11) is 1.49. The number of nitrogens with zero attached hydrogens (tertiary/aromatic N) is 3. The second-order valence-electron chi connectivity index (χ2n) is 3.78. The fourth-order valence-corrected chi connectivity index (χ4v) is 1.44. The molecule has 0 aliphatic rings. The molecule has 2 heterocycles. The number of aromatic nitrogens is 3. The van der Waals surface area contributed by atoms with Gasteiger partial charge in [-0.1, -0.05) is 6.07 Å². The first-order valence-corrected chi connectivity index (χ1v) is 5.52. The van der Waals surface area contributed by atoms with Gasteiger partial charge in [0.05, 0.1) is 7.11 Å². The molecule has 0 bridgehead atoms. The van der Waals surface area contributed by atoms with Crippen LogP contribution < -0.4 is 15.8 Å². The number of hydrogen-bond acceptors (Lipinski definition) is 6. The lowest BCUT2D eigenvalue weighted by Gasteiger charge is -2.06. The minimum atomic E-state index is -0.431. The van der Waals surface area contributed by atoms with E-state index >= 15 is 0 Å². The summed E-state index contributed by atoms with van der Waals surface area (Å²) in [6.07, 6.45) is 0.